The van der Waals surface area contributed by atoms with Crippen molar-refractivity contribution < 1.29 is 18.4 Å². The topological polar surface area (TPSA) is 74.8 Å². The molecule has 0 fully saturated rings. The zero-order valence-corrected chi connectivity index (χ0v) is 11.0. The van der Waals surface area contributed by atoms with Crippen molar-refractivity contribution in [3.63, 3.8) is 0 Å². The Labute approximate surface area is 121 Å². The number of rotatable bonds is 2. The molecule has 0 saturated heterocycles. The monoisotopic (exact) mass is 309 g/mol. The van der Waals surface area contributed by atoms with Gasteiger partial charge in [0, 0.05) is 11.8 Å². The Morgan fingerprint density at radius 2 is 1.90 bits per heavy atom. The number of carbonyl (C=O) groups is 2. The van der Waals surface area contributed by atoms with Crippen molar-refractivity contribution in [1.29, 1.82) is 0 Å². The number of carbonyl (C=O) groups excluding carboxylic acids is 2. The third-order valence-corrected chi connectivity index (χ3v) is 3.31. The third kappa shape index (κ3) is 2.11. The molecule has 0 atom stereocenters. The van der Waals surface area contributed by atoms with Gasteiger partial charge in [-0.1, -0.05) is 11.6 Å². The SMILES string of the molecule is O=C1C(Nc2ccc(F)c(F)c2)=C(Cl)C(=O)c2[nH]ncc21. The van der Waals surface area contributed by atoms with Gasteiger partial charge in [-0.3, -0.25) is 14.7 Å². The van der Waals surface area contributed by atoms with Gasteiger partial charge >= 0.3 is 0 Å². The minimum absolute atomic E-state index is 0.000775. The summed E-state index contributed by atoms with van der Waals surface area (Å²) in [6, 6.07) is 2.97. The van der Waals surface area contributed by atoms with E-state index in [1.807, 2.05) is 0 Å². The normalized spacial score (nSPS) is 14.4. The summed E-state index contributed by atoms with van der Waals surface area (Å²) in [7, 11) is 0. The first kappa shape index (κ1) is 13.4. The molecule has 0 unspecified atom stereocenters. The highest BCUT2D eigenvalue weighted by atomic mass is 35.5. The van der Waals surface area contributed by atoms with Crippen LogP contribution in [0.2, 0.25) is 0 Å². The Kier molecular flexibility index (Phi) is 3.06. The quantitative estimate of drug-likeness (QED) is 0.894. The first-order chi connectivity index (χ1) is 9.99. The summed E-state index contributed by atoms with van der Waals surface area (Å²) >= 11 is 5.86. The van der Waals surface area contributed by atoms with Gasteiger partial charge < -0.3 is 5.32 Å². The molecule has 2 N–H and O–H groups in total. The molecule has 1 aromatic heterocycles. The lowest BCUT2D eigenvalue weighted by molar-refractivity contribution is 0.0979. The molecule has 106 valence electrons. The van der Waals surface area contributed by atoms with Crippen molar-refractivity contribution in [3.05, 3.63) is 58.0 Å². The summed E-state index contributed by atoms with van der Waals surface area (Å²) in [6.45, 7) is 0. The van der Waals surface area contributed by atoms with Crippen LogP contribution in [-0.4, -0.2) is 21.8 Å². The lowest BCUT2D eigenvalue weighted by Gasteiger charge is -2.16. The molecule has 21 heavy (non-hydrogen) atoms. The fourth-order valence-electron chi connectivity index (χ4n) is 1.92. The van der Waals surface area contributed by atoms with Crippen LogP contribution in [-0.2, 0) is 0 Å². The van der Waals surface area contributed by atoms with Crippen molar-refractivity contribution in [2.75, 3.05) is 5.32 Å². The predicted octanol–water partition coefficient (Wildman–Crippen LogP) is 2.63. The number of hydrogen-bond acceptors (Lipinski definition) is 4. The fourth-order valence-corrected chi connectivity index (χ4v) is 2.15. The molecule has 1 aliphatic rings. The zero-order valence-electron chi connectivity index (χ0n) is 10.2. The van der Waals surface area contributed by atoms with E-state index in [1.54, 1.807) is 0 Å². The lowest BCUT2D eigenvalue weighted by Crippen LogP contribution is -2.23. The number of halogens is 3. The summed E-state index contributed by atoms with van der Waals surface area (Å²) in [5.41, 5.74) is -0.0490. The van der Waals surface area contributed by atoms with Gasteiger partial charge in [0.2, 0.25) is 11.6 Å². The molecule has 0 bridgehead atoms. The molecular weight excluding hydrogens is 304 g/mol. The Bertz CT molecular complexity index is 813. The second-order valence-electron chi connectivity index (χ2n) is 4.26. The average Bonchev–Trinajstić information content (AvgIpc) is 2.95. The van der Waals surface area contributed by atoms with Crippen LogP contribution < -0.4 is 5.32 Å². The maximum absolute atomic E-state index is 13.2. The number of Topliss-reactive ketones (excluding diaryl/α,β-unsaturated/α-hetero) is 2. The van der Waals surface area contributed by atoms with Gasteiger partial charge in [-0.05, 0) is 12.1 Å². The van der Waals surface area contributed by atoms with Gasteiger partial charge in [-0.25, -0.2) is 8.78 Å². The van der Waals surface area contributed by atoms with Crippen LogP contribution in [0.1, 0.15) is 20.8 Å². The van der Waals surface area contributed by atoms with Crippen LogP contribution in [0.4, 0.5) is 14.5 Å². The number of fused-ring (bicyclic) bond motifs is 1. The second-order valence-corrected chi connectivity index (χ2v) is 4.64. The van der Waals surface area contributed by atoms with Crippen LogP contribution in [0.15, 0.2) is 35.1 Å². The standard InChI is InChI=1S/C13H6ClF2N3O2/c14-9-11(18-5-1-2-7(15)8(16)3-5)12(20)6-4-17-19-10(6)13(9)21/h1-4,18H,(H,17,19). The molecular formula is C13H6ClF2N3O2. The fraction of sp³-hybridized carbons (Fsp3) is 0. The lowest BCUT2D eigenvalue weighted by atomic mass is 9.99. The number of aromatic amines is 1. The van der Waals surface area contributed by atoms with Crippen LogP contribution >= 0.6 is 11.6 Å². The Morgan fingerprint density at radius 1 is 1.14 bits per heavy atom. The Hall–Kier alpha value is -2.54. The van der Waals surface area contributed by atoms with Crippen molar-refractivity contribution in [1.82, 2.24) is 10.2 Å². The van der Waals surface area contributed by atoms with E-state index in [0.29, 0.717) is 0 Å². The van der Waals surface area contributed by atoms with Crippen LogP contribution in [0.3, 0.4) is 0 Å². The number of aromatic nitrogens is 2. The molecule has 0 saturated carbocycles. The largest absolute Gasteiger partial charge is 0.351 e. The maximum Gasteiger partial charge on any atom is 0.225 e. The Balaban J connectivity index is 2.01. The molecule has 0 amide bonds. The number of nitrogens with zero attached hydrogens (tertiary/aromatic N) is 1. The molecule has 0 radical (unpaired) electrons. The minimum atomic E-state index is -1.09. The van der Waals surface area contributed by atoms with E-state index in [-0.39, 0.29) is 27.7 Å². The molecule has 0 aliphatic heterocycles. The van der Waals surface area contributed by atoms with Gasteiger partial charge in [0.05, 0.1) is 11.8 Å². The highest BCUT2D eigenvalue weighted by molar-refractivity contribution is 6.50. The molecule has 0 spiro atoms. The highest BCUT2D eigenvalue weighted by Crippen LogP contribution is 2.28. The van der Waals surface area contributed by atoms with Crippen molar-refractivity contribution >= 4 is 28.9 Å². The predicted molar refractivity (Wildman–Crippen MR) is 70.1 cm³/mol. The number of benzene rings is 1. The van der Waals surface area contributed by atoms with E-state index in [4.69, 9.17) is 11.6 Å². The van der Waals surface area contributed by atoms with Gasteiger partial charge in [0.1, 0.15) is 16.4 Å². The van der Waals surface area contributed by atoms with Crippen LogP contribution in [0.25, 0.3) is 0 Å². The van der Waals surface area contributed by atoms with E-state index in [9.17, 15) is 18.4 Å². The molecule has 1 heterocycles. The van der Waals surface area contributed by atoms with Crippen LogP contribution in [0.5, 0.6) is 0 Å². The van der Waals surface area contributed by atoms with E-state index in [0.717, 1.165) is 12.1 Å². The van der Waals surface area contributed by atoms with E-state index < -0.39 is 23.2 Å². The third-order valence-electron chi connectivity index (χ3n) is 2.95. The van der Waals surface area contributed by atoms with Gasteiger partial charge in [-0.15, -0.1) is 0 Å². The minimum Gasteiger partial charge on any atom is -0.351 e. The number of allylic oxidation sites excluding steroid dienone is 2. The average molecular weight is 310 g/mol. The van der Waals surface area contributed by atoms with Gasteiger partial charge in [0.15, 0.2) is 11.6 Å². The molecule has 1 aromatic carbocycles. The molecule has 1 aliphatic carbocycles. The number of anilines is 1. The molecule has 5 nitrogen and oxygen atoms in total. The molecule has 8 heteroatoms. The smallest absolute Gasteiger partial charge is 0.225 e. The summed E-state index contributed by atoms with van der Waals surface area (Å²) in [5.74, 6) is -3.28. The maximum atomic E-state index is 13.2. The summed E-state index contributed by atoms with van der Waals surface area (Å²) in [5, 5.41) is 8.20. The number of H-pyrrole nitrogens is 1. The number of ketones is 2. The van der Waals surface area contributed by atoms with E-state index in [2.05, 4.69) is 15.5 Å². The first-order valence-electron chi connectivity index (χ1n) is 5.73. The molecule has 2 aromatic rings. The second kappa shape index (κ2) is 4.78. The summed E-state index contributed by atoms with van der Waals surface area (Å²) in [6.07, 6.45) is 1.20. The Morgan fingerprint density at radius 3 is 2.62 bits per heavy atom. The summed E-state index contributed by atoms with van der Waals surface area (Å²) in [4.78, 5) is 24.2. The summed E-state index contributed by atoms with van der Waals surface area (Å²) < 4.78 is 26.0. The van der Waals surface area contributed by atoms with Crippen LogP contribution in [0, 0.1) is 11.6 Å². The van der Waals surface area contributed by atoms with Crippen molar-refractivity contribution in [2.45, 2.75) is 0 Å². The first-order valence-corrected chi connectivity index (χ1v) is 6.11. The number of hydrogen-bond donors (Lipinski definition) is 2. The van der Waals surface area contributed by atoms with Crippen molar-refractivity contribution in [2.24, 2.45) is 0 Å². The van der Waals surface area contributed by atoms with E-state index in [1.165, 1.54) is 12.3 Å². The van der Waals surface area contributed by atoms with E-state index >= 15 is 0 Å². The van der Waals surface area contributed by atoms with Gasteiger partial charge in [0.25, 0.3) is 0 Å². The zero-order chi connectivity index (χ0) is 15.1. The van der Waals surface area contributed by atoms with Crippen molar-refractivity contribution in [3.8, 4) is 0 Å². The van der Waals surface area contributed by atoms with Gasteiger partial charge in [-0.2, -0.15) is 5.10 Å². The number of nitrogens with one attached hydrogen (secondary N) is 2. The highest BCUT2D eigenvalue weighted by Gasteiger charge is 2.33. The molecule has 3 rings (SSSR count).